The van der Waals surface area contributed by atoms with Crippen LogP contribution in [0.1, 0.15) is 17.2 Å². The maximum atomic E-state index is 6.25. The molecule has 0 spiro atoms. The number of pyridine rings is 1. The maximum Gasteiger partial charge on any atom is 0.112 e. The quantitative estimate of drug-likeness (QED) is 0.933. The van der Waals surface area contributed by atoms with Gasteiger partial charge in [-0.1, -0.05) is 23.2 Å². The third kappa shape index (κ3) is 3.00. The molecule has 106 valence electrons. The van der Waals surface area contributed by atoms with Gasteiger partial charge in [-0.05, 0) is 28.6 Å². The Morgan fingerprint density at radius 2 is 2.15 bits per heavy atom. The summed E-state index contributed by atoms with van der Waals surface area (Å²) in [6, 6.07) is 4.50. The molecule has 1 N–H and O–H groups in total. The molecule has 0 radical (unpaired) electrons. The zero-order chi connectivity index (χ0) is 13.9. The van der Waals surface area contributed by atoms with Gasteiger partial charge in [0.2, 0.25) is 0 Å². The van der Waals surface area contributed by atoms with E-state index < -0.39 is 0 Å². The van der Waals surface area contributed by atoms with E-state index in [0.29, 0.717) is 15.4 Å². The van der Waals surface area contributed by atoms with Gasteiger partial charge in [0.1, 0.15) is 4.34 Å². The number of nitrogens with one attached hydrogen (secondary N) is 1. The van der Waals surface area contributed by atoms with Crippen LogP contribution in [0.15, 0.2) is 29.9 Å². The predicted octanol–water partition coefficient (Wildman–Crippen LogP) is 3.60. The molecule has 3 nitrogen and oxygen atoms in total. The molecule has 2 aromatic rings. The zero-order valence-corrected chi connectivity index (χ0v) is 13.2. The number of aromatic nitrogens is 1. The SMILES string of the molecule is Clc1scc(CN2CCNCC2c2ccncc2)c1Cl. The Hall–Kier alpha value is -0.650. The Morgan fingerprint density at radius 3 is 2.85 bits per heavy atom. The molecule has 1 saturated heterocycles. The Labute approximate surface area is 132 Å². The third-order valence-corrected chi connectivity index (χ3v) is 5.49. The Balaban J connectivity index is 1.81. The van der Waals surface area contributed by atoms with E-state index in [1.807, 2.05) is 12.4 Å². The fraction of sp³-hybridized carbons (Fsp3) is 0.357. The molecule has 3 rings (SSSR count). The summed E-state index contributed by atoms with van der Waals surface area (Å²) < 4.78 is 0.678. The van der Waals surface area contributed by atoms with Crippen LogP contribution in [-0.4, -0.2) is 29.5 Å². The van der Waals surface area contributed by atoms with Gasteiger partial charge in [-0.25, -0.2) is 0 Å². The fourth-order valence-corrected chi connectivity index (χ4v) is 3.77. The van der Waals surface area contributed by atoms with Crippen LogP contribution < -0.4 is 5.32 Å². The third-order valence-electron chi connectivity index (χ3n) is 3.58. The summed E-state index contributed by atoms with van der Waals surface area (Å²) in [4.78, 5) is 6.53. The number of rotatable bonds is 3. The highest BCUT2D eigenvalue weighted by Gasteiger charge is 2.24. The summed E-state index contributed by atoms with van der Waals surface area (Å²) in [7, 11) is 0. The Kier molecular flexibility index (Phi) is 4.58. The summed E-state index contributed by atoms with van der Waals surface area (Å²) in [5.74, 6) is 0. The molecule has 0 saturated carbocycles. The van der Waals surface area contributed by atoms with Gasteiger partial charge in [0.05, 0.1) is 5.02 Å². The van der Waals surface area contributed by atoms with Gasteiger partial charge in [0.25, 0.3) is 0 Å². The van der Waals surface area contributed by atoms with Crippen LogP contribution in [-0.2, 0) is 6.54 Å². The second-order valence-electron chi connectivity index (χ2n) is 4.82. The average molecular weight is 328 g/mol. The lowest BCUT2D eigenvalue weighted by atomic mass is 10.0. The number of nitrogens with zero attached hydrogens (tertiary/aromatic N) is 2. The second kappa shape index (κ2) is 6.41. The van der Waals surface area contributed by atoms with Crippen LogP contribution in [0.3, 0.4) is 0 Å². The molecule has 0 amide bonds. The lowest BCUT2D eigenvalue weighted by Gasteiger charge is -2.36. The monoisotopic (exact) mass is 327 g/mol. The van der Waals surface area contributed by atoms with Crippen molar-refractivity contribution >= 4 is 34.5 Å². The number of halogens is 2. The first-order chi connectivity index (χ1) is 9.75. The summed E-state index contributed by atoms with van der Waals surface area (Å²) in [6.07, 6.45) is 3.69. The molecule has 0 bridgehead atoms. The van der Waals surface area contributed by atoms with E-state index >= 15 is 0 Å². The molecule has 1 atom stereocenters. The van der Waals surface area contributed by atoms with E-state index in [0.717, 1.165) is 31.7 Å². The van der Waals surface area contributed by atoms with Crippen molar-refractivity contribution in [2.75, 3.05) is 19.6 Å². The van der Waals surface area contributed by atoms with Gasteiger partial charge in [0.15, 0.2) is 0 Å². The average Bonchev–Trinajstić information content (AvgIpc) is 2.81. The smallest absolute Gasteiger partial charge is 0.112 e. The number of piperazine rings is 1. The molecule has 0 aromatic carbocycles. The van der Waals surface area contributed by atoms with Crippen molar-refractivity contribution in [1.82, 2.24) is 15.2 Å². The molecule has 1 aliphatic heterocycles. The lowest BCUT2D eigenvalue weighted by Crippen LogP contribution is -2.45. The van der Waals surface area contributed by atoms with Crippen molar-refractivity contribution in [3.63, 3.8) is 0 Å². The predicted molar refractivity (Wildman–Crippen MR) is 84.6 cm³/mol. The minimum absolute atomic E-state index is 0.349. The first-order valence-electron chi connectivity index (χ1n) is 6.52. The summed E-state index contributed by atoms with van der Waals surface area (Å²) in [5.41, 5.74) is 2.40. The van der Waals surface area contributed by atoms with Gasteiger partial charge in [0, 0.05) is 44.6 Å². The van der Waals surface area contributed by atoms with Crippen molar-refractivity contribution in [3.05, 3.63) is 50.4 Å². The first-order valence-corrected chi connectivity index (χ1v) is 8.15. The van der Waals surface area contributed by atoms with Gasteiger partial charge in [-0.3, -0.25) is 9.88 Å². The van der Waals surface area contributed by atoms with Crippen molar-refractivity contribution < 1.29 is 0 Å². The zero-order valence-electron chi connectivity index (χ0n) is 10.9. The highest BCUT2D eigenvalue weighted by molar-refractivity contribution is 7.15. The van der Waals surface area contributed by atoms with Crippen molar-refractivity contribution in [2.24, 2.45) is 0 Å². The van der Waals surface area contributed by atoms with Crippen LogP contribution in [0.5, 0.6) is 0 Å². The second-order valence-corrected chi connectivity index (χ2v) is 6.68. The van der Waals surface area contributed by atoms with Gasteiger partial charge in [-0.15, -0.1) is 11.3 Å². The molecular formula is C14H15Cl2N3S. The normalized spacial score (nSPS) is 20.2. The van der Waals surface area contributed by atoms with Crippen LogP contribution in [0.2, 0.25) is 9.36 Å². The molecule has 1 unspecified atom stereocenters. The van der Waals surface area contributed by atoms with Crippen LogP contribution in [0, 0.1) is 0 Å². The minimum Gasteiger partial charge on any atom is -0.314 e. The first kappa shape index (κ1) is 14.3. The minimum atomic E-state index is 0.349. The van der Waals surface area contributed by atoms with Crippen LogP contribution in [0.4, 0.5) is 0 Å². The van der Waals surface area contributed by atoms with E-state index in [4.69, 9.17) is 23.2 Å². The van der Waals surface area contributed by atoms with Crippen molar-refractivity contribution in [2.45, 2.75) is 12.6 Å². The van der Waals surface area contributed by atoms with Crippen LogP contribution in [0.25, 0.3) is 0 Å². The molecule has 1 aliphatic rings. The van der Waals surface area contributed by atoms with Gasteiger partial charge >= 0.3 is 0 Å². The van der Waals surface area contributed by atoms with E-state index in [9.17, 15) is 0 Å². The van der Waals surface area contributed by atoms with E-state index in [1.54, 1.807) is 0 Å². The molecule has 20 heavy (non-hydrogen) atoms. The topological polar surface area (TPSA) is 28.2 Å². The Morgan fingerprint density at radius 1 is 1.35 bits per heavy atom. The van der Waals surface area contributed by atoms with Crippen molar-refractivity contribution in [1.29, 1.82) is 0 Å². The number of hydrogen-bond donors (Lipinski definition) is 1. The molecular weight excluding hydrogens is 313 g/mol. The van der Waals surface area contributed by atoms with Gasteiger partial charge in [-0.2, -0.15) is 0 Å². The summed E-state index contributed by atoms with van der Waals surface area (Å²) >= 11 is 13.8. The lowest BCUT2D eigenvalue weighted by molar-refractivity contribution is 0.154. The largest absolute Gasteiger partial charge is 0.314 e. The highest BCUT2D eigenvalue weighted by atomic mass is 35.5. The Bertz CT molecular complexity index is 573. The van der Waals surface area contributed by atoms with Crippen LogP contribution >= 0.6 is 34.5 Å². The molecule has 6 heteroatoms. The standard InChI is InChI=1S/C14H15Cl2N3S/c15-13-11(9-20-14(13)16)8-19-6-5-18-7-12(19)10-1-3-17-4-2-10/h1-4,9,12,18H,5-8H2. The van der Waals surface area contributed by atoms with Gasteiger partial charge < -0.3 is 5.32 Å². The number of thiophene rings is 1. The van der Waals surface area contributed by atoms with E-state index in [2.05, 4.69) is 32.7 Å². The molecule has 2 aromatic heterocycles. The summed E-state index contributed by atoms with van der Waals surface area (Å²) in [5, 5.41) is 6.20. The molecule has 0 aliphatic carbocycles. The molecule has 1 fully saturated rings. The van der Waals surface area contributed by atoms with E-state index in [-0.39, 0.29) is 0 Å². The number of hydrogen-bond acceptors (Lipinski definition) is 4. The summed E-state index contributed by atoms with van der Waals surface area (Å²) in [6.45, 7) is 3.77. The fourth-order valence-electron chi connectivity index (χ4n) is 2.53. The molecule has 3 heterocycles. The van der Waals surface area contributed by atoms with E-state index in [1.165, 1.54) is 16.9 Å². The highest BCUT2D eigenvalue weighted by Crippen LogP contribution is 2.34. The van der Waals surface area contributed by atoms with Crippen molar-refractivity contribution in [3.8, 4) is 0 Å². The maximum absolute atomic E-state index is 6.25.